The lowest BCUT2D eigenvalue weighted by atomic mass is 10.4. The summed E-state index contributed by atoms with van der Waals surface area (Å²) in [5.41, 5.74) is 0. The summed E-state index contributed by atoms with van der Waals surface area (Å²) in [5, 5.41) is 8.49. The predicted molar refractivity (Wildman–Crippen MR) is 70.1 cm³/mol. The molecule has 1 rings (SSSR count). The number of hydrogen-bond acceptors (Lipinski definition) is 5. The fourth-order valence-electron chi connectivity index (χ4n) is 1.32. The smallest absolute Gasteiger partial charge is 0.318 e. The number of carbonyl (C=O) groups is 1. The van der Waals surface area contributed by atoms with E-state index in [0.29, 0.717) is 0 Å². The largest absolute Gasteiger partial charge is 0.480 e. The van der Waals surface area contributed by atoms with Gasteiger partial charge in [0.2, 0.25) is 20.0 Å². The van der Waals surface area contributed by atoms with E-state index in [1.54, 1.807) is 0 Å². The predicted octanol–water partition coefficient (Wildman–Crippen LogP) is -0.700. The van der Waals surface area contributed by atoms with Crippen LogP contribution in [0.15, 0.2) is 34.1 Å². The molecular weight excluding hydrogens is 308 g/mol. The van der Waals surface area contributed by atoms with Crippen LogP contribution >= 0.6 is 0 Å². The van der Waals surface area contributed by atoms with Crippen molar-refractivity contribution in [3.8, 4) is 0 Å². The maximum Gasteiger partial charge on any atom is 0.318 e. The van der Waals surface area contributed by atoms with Crippen LogP contribution in [0.25, 0.3) is 0 Å². The SMILES string of the molecule is CN(C)S(=O)(=O)c1ccccc1S(=O)(=O)NCC(=O)O. The Kier molecular flexibility index (Phi) is 4.86. The van der Waals surface area contributed by atoms with Gasteiger partial charge in [0.1, 0.15) is 16.3 Å². The molecule has 0 saturated carbocycles. The van der Waals surface area contributed by atoms with Crippen LogP contribution < -0.4 is 4.72 Å². The second-order valence-corrected chi connectivity index (χ2v) is 7.81. The molecule has 20 heavy (non-hydrogen) atoms. The summed E-state index contributed by atoms with van der Waals surface area (Å²) < 4.78 is 50.7. The molecule has 0 aliphatic rings. The summed E-state index contributed by atoms with van der Waals surface area (Å²) in [6, 6.07) is 4.97. The third-order valence-corrected chi connectivity index (χ3v) is 5.77. The Balaban J connectivity index is 3.38. The molecule has 0 unspecified atom stereocenters. The van der Waals surface area contributed by atoms with Gasteiger partial charge in [0.05, 0.1) is 0 Å². The Morgan fingerprint density at radius 1 is 1.15 bits per heavy atom. The normalized spacial score (nSPS) is 12.6. The van der Waals surface area contributed by atoms with E-state index in [-0.39, 0.29) is 0 Å². The molecule has 0 aromatic heterocycles. The molecule has 0 aliphatic carbocycles. The van der Waals surface area contributed by atoms with Crippen LogP contribution in [0.3, 0.4) is 0 Å². The van der Waals surface area contributed by atoms with E-state index >= 15 is 0 Å². The van der Waals surface area contributed by atoms with E-state index in [9.17, 15) is 21.6 Å². The van der Waals surface area contributed by atoms with Crippen LogP contribution in [0.2, 0.25) is 0 Å². The summed E-state index contributed by atoms with van der Waals surface area (Å²) in [4.78, 5) is 9.51. The average molecular weight is 322 g/mol. The van der Waals surface area contributed by atoms with Crippen molar-refractivity contribution in [2.24, 2.45) is 0 Å². The van der Waals surface area contributed by atoms with Crippen LogP contribution in [0.5, 0.6) is 0 Å². The minimum Gasteiger partial charge on any atom is -0.480 e. The van der Waals surface area contributed by atoms with Gasteiger partial charge in [-0.05, 0) is 12.1 Å². The summed E-state index contributed by atoms with van der Waals surface area (Å²) in [5.74, 6) is -1.37. The van der Waals surface area contributed by atoms with Crippen molar-refractivity contribution < 1.29 is 26.7 Å². The molecule has 0 amide bonds. The van der Waals surface area contributed by atoms with E-state index in [1.807, 2.05) is 4.72 Å². The van der Waals surface area contributed by atoms with Gasteiger partial charge >= 0.3 is 5.97 Å². The lowest BCUT2D eigenvalue weighted by Crippen LogP contribution is -2.31. The van der Waals surface area contributed by atoms with Crippen LogP contribution in [0.1, 0.15) is 0 Å². The van der Waals surface area contributed by atoms with Crippen molar-refractivity contribution in [2.75, 3.05) is 20.6 Å². The minimum absolute atomic E-state index is 0.414. The molecule has 2 N–H and O–H groups in total. The highest BCUT2D eigenvalue weighted by Gasteiger charge is 2.27. The summed E-state index contributed by atoms with van der Waals surface area (Å²) in [6.45, 7) is -0.835. The maximum atomic E-state index is 12.1. The molecule has 1 aromatic rings. The second kappa shape index (κ2) is 5.87. The van der Waals surface area contributed by atoms with E-state index in [1.165, 1.54) is 26.2 Å². The van der Waals surface area contributed by atoms with Crippen molar-refractivity contribution in [3.05, 3.63) is 24.3 Å². The van der Waals surface area contributed by atoms with Gasteiger partial charge in [-0.2, -0.15) is 4.72 Å². The molecule has 0 fully saturated rings. The maximum absolute atomic E-state index is 12.1. The number of nitrogens with one attached hydrogen (secondary N) is 1. The van der Waals surface area contributed by atoms with E-state index in [2.05, 4.69) is 0 Å². The lowest BCUT2D eigenvalue weighted by molar-refractivity contribution is -0.135. The molecule has 0 heterocycles. The fraction of sp³-hybridized carbons (Fsp3) is 0.300. The van der Waals surface area contributed by atoms with Gasteiger partial charge in [0.15, 0.2) is 0 Å². The number of hydrogen-bond donors (Lipinski definition) is 2. The third-order valence-electron chi connectivity index (χ3n) is 2.31. The summed E-state index contributed by atoms with van der Waals surface area (Å²) in [6.07, 6.45) is 0. The standard InChI is InChI=1S/C10H14N2O6S2/c1-12(2)20(17,18)9-6-4-3-5-8(9)19(15,16)11-7-10(13)14/h3-6,11H,7H2,1-2H3,(H,13,14). The minimum atomic E-state index is -4.24. The van der Waals surface area contributed by atoms with Crippen LogP contribution in [-0.4, -0.2) is 52.9 Å². The van der Waals surface area contributed by atoms with Gasteiger partial charge < -0.3 is 5.11 Å². The Bertz CT molecular complexity index is 709. The molecule has 112 valence electrons. The van der Waals surface area contributed by atoms with Crippen molar-refractivity contribution in [1.82, 2.24) is 9.03 Å². The Morgan fingerprint density at radius 3 is 2.10 bits per heavy atom. The van der Waals surface area contributed by atoms with Gasteiger partial charge in [-0.25, -0.2) is 21.1 Å². The highest BCUT2D eigenvalue weighted by molar-refractivity contribution is 7.92. The Labute approximate surface area is 117 Å². The first kappa shape index (κ1) is 16.6. The molecule has 10 heteroatoms. The number of nitrogens with zero attached hydrogens (tertiary/aromatic N) is 1. The van der Waals surface area contributed by atoms with E-state index in [4.69, 9.17) is 5.11 Å². The van der Waals surface area contributed by atoms with E-state index in [0.717, 1.165) is 16.4 Å². The zero-order valence-corrected chi connectivity index (χ0v) is 12.4. The molecule has 0 aliphatic heterocycles. The zero-order valence-electron chi connectivity index (χ0n) is 10.8. The van der Waals surface area contributed by atoms with Gasteiger partial charge in [0, 0.05) is 14.1 Å². The number of benzene rings is 1. The number of aliphatic carboxylic acids is 1. The van der Waals surface area contributed by atoms with Crippen molar-refractivity contribution in [3.63, 3.8) is 0 Å². The van der Waals surface area contributed by atoms with E-state index < -0.39 is 42.4 Å². The fourth-order valence-corrected chi connectivity index (χ4v) is 3.99. The first-order chi connectivity index (χ1) is 9.09. The monoisotopic (exact) mass is 322 g/mol. The Morgan fingerprint density at radius 2 is 1.65 bits per heavy atom. The van der Waals surface area contributed by atoms with Gasteiger partial charge in [-0.1, -0.05) is 12.1 Å². The average Bonchev–Trinajstić information content (AvgIpc) is 2.36. The highest BCUT2D eigenvalue weighted by Crippen LogP contribution is 2.22. The highest BCUT2D eigenvalue weighted by atomic mass is 32.2. The molecule has 0 saturated heterocycles. The number of carboxylic acids is 1. The van der Waals surface area contributed by atoms with Crippen molar-refractivity contribution in [2.45, 2.75) is 9.79 Å². The Hall–Kier alpha value is -1.49. The molecule has 0 atom stereocenters. The summed E-state index contributed by atoms with van der Waals surface area (Å²) >= 11 is 0. The molecule has 0 spiro atoms. The lowest BCUT2D eigenvalue weighted by Gasteiger charge is -2.15. The zero-order chi connectivity index (χ0) is 15.6. The van der Waals surface area contributed by atoms with Crippen LogP contribution in [0, 0.1) is 0 Å². The number of rotatable bonds is 6. The third kappa shape index (κ3) is 3.54. The van der Waals surface area contributed by atoms with Gasteiger partial charge in [-0.3, -0.25) is 4.79 Å². The first-order valence-corrected chi connectivity index (χ1v) is 8.24. The number of sulfonamides is 2. The topological polar surface area (TPSA) is 121 Å². The van der Waals surface area contributed by atoms with Crippen molar-refractivity contribution >= 4 is 26.0 Å². The van der Waals surface area contributed by atoms with Crippen LogP contribution in [-0.2, 0) is 24.8 Å². The van der Waals surface area contributed by atoms with Crippen molar-refractivity contribution in [1.29, 1.82) is 0 Å². The molecule has 1 aromatic carbocycles. The molecule has 0 radical (unpaired) electrons. The molecule has 8 nitrogen and oxygen atoms in total. The summed E-state index contributed by atoms with van der Waals surface area (Å²) in [7, 11) is -5.67. The van der Waals surface area contributed by atoms with Gasteiger partial charge in [-0.15, -0.1) is 0 Å². The van der Waals surface area contributed by atoms with Gasteiger partial charge in [0.25, 0.3) is 0 Å². The van der Waals surface area contributed by atoms with Crippen LogP contribution in [0.4, 0.5) is 0 Å². The number of carboxylic acid groups (broad SMARTS) is 1. The first-order valence-electron chi connectivity index (χ1n) is 5.32. The second-order valence-electron chi connectivity index (χ2n) is 3.95. The molecule has 0 bridgehead atoms. The molecular formula is C10H14N2O6S2. The quantitative estimate of drug-likeness (QED) is 0.714.